The van der Waals surface area contributed by atoms with Crippen molar-refractivity contribution in [1.29, 1.82) is 0 Å². The molecule has 1 aromatic carbocycles. The van der Waals surface area contributed by atoms with Crippen LogP contribution in [0.1, 0.15) is 10.4 Å². The Morgan fingerprint density at radius 2 is 2.00 bits per heavy atom. The van der Waals surface area contributed by atoms with Crippen LogP contribution in [0.5, 0.6) is 0 Å². The van der Waals surface area contributed by atoms with E-state index in [9.17, 15) is 14.9 Å². The van der Waals surface area contributed by atoms with Crippen LogP contribution in [0.2, 0.25) is 0 Å². The van der Waals surface area contributed by atoms with Crippen molar-refractivity contribution < 1.29 is 9.72 Å². The normalized spacial score (nSPS) is 10.0. The number of nitro groups is 1. The van der Waals surface area contributed by atoms with E-state index in [2.05, 4.69) is 10.4 Å². The molecule has 1 amide bonds. The Bertz CT molecular complexity index is 675. The van der Waals surface area contributed by atoms with Crippen LogP contribution in [-0.4, -0.2) is 22.9 Å². The summed E-state index contributed by atoms with van der Waals surface area (Å²) in [4.78, 5) is 28.0. The van der Waals surface area contributed by atoms with Crippen LogP contribution in [0.25, 0.3) is 0 Å². The van der Waals surface area contributed by atoms with Gasteiger partial charge in [-0.05, 0) is 24.3 Å². The van der Waals surface area contributed by atoms with Crippen molar-refractivity contribution in [3.8, 4) is 0 Å². The first-order chi connectivity index (χ1) is 10.0. The highest BCUT2D eigenvalue weighted by Gasteiger charge is 2.19. The van der Waals surface area contributed by atoms with Gasteiger partial charge in [0.05, 0.1) is 4.92 Å². The summed E-state index contributed by atoms with van der Waals surface area (Å²) in [7, 11) is 1.58. The van der Waals surface area contributed by atoms with Crippen LogP contribution >= 0.6 is 0 Å². The van der Waals surface area contributed by atoms with Gasteiger partial charge in [-0.3, -0.25) is 25.7 Å². The zero-order valence-corrected chi connectivity index (χ0v) is 11.2. The maximum atomic E-state index is 12.4. The van der Waals surface area contributed by atoms with Crippen molar-refractivity contribution in [1.82, 2.24) is 4.98 Å². The van der Waals surface area contributed by atoms with Crippen LogP contribution in [0, 0.1) is 10.1 Å². The van der Waals surface area contributed by atoms with Crippen LogP contribution in [0.3, 0.4) is 0 Å². The Morgan fingerprint density at radius 1 is 1.33 bits per heavy atom. The summed E-state index contributed by atoms with van der Waals surface area (Å²) in [6.07, 6.45) is 3.12. The lowest BCUT2D eigenvalue weighted by Crippen LogP contribution is -2.26. The fraction of sp³-hybridized carbons (Fsp3) is 0.0769. The van der Waals surface area contributed by atoms with E-state index >= 15 is 0 Å². The van der Waals surface area contributed by atoms with Crippen molar-refractivity contribution in [3.05, 3.63) is 58.4 Å². The second-order valence-electron chi connectivity index (χ2n) is 4.20. The topological polar surface area (TPSA) is 114 Å². The van der Waals surface area contributed by atoms with Crippen molar-refractivity contribution >= 4 is 23.0 Å². The van der Waals surface area contributed by atoms with Gasteiger partial charge in [-0.2, -0.15) is 0 Å². The summed E-state index contributed by atoms with van der Waals surface area (Å²) < 4.78 is 0. The minimum Gasteiger partial charge on any atom is -0.318 e. The summed E-state index contributed by atoms with van der Waals surface area (Å²) in [6, 6.07) is 7.40. The molecule has 0 radical (unpaired) electrons. The molecule has 0 unspecified atom stereocenters. The molecule has 2 rings (SSSR count). The fourth-order valence-corrected chi connectivity index (χ4v) is 1.82. The van der Waals surface area contributed by atoms with Crippen LogP contribution in [0.15, 0.2) is 42.7 Å². The lowest BCUT2D eigenvalue weighted by atomic mass is 10.1. The Hall–Kier alpha value is -3.00. The highest BCUT2D eigenvalue weighted by Crippen LogP contribution is 2.25. The number of rotatable bonds is 4. The molecule has 21 heavy (non-hydrogen) atoms. The van der Waals surface area contributed by atoms with Gasteiger partial charge in [0.15, 0.2) is 0 Å². The summed E-state index contributed by atoms with van der Waals surface area (Å²) in [5, 5.41) is 11.0. The summed E-state index contributed by atoms with van der Waals surface area (Å²) in [6.45, 7) is 0. The summed E-state index contributed by atoms with van der Waals surface area (Å²) >= 11 is 0. The molecule has 0 atom stereocenters. The number of benzene rings is 1. The van der Waals surface area contributed by atoms with E-state index < -0.39 is 4.92 Å². The standard InChI is InChI=1S/C13H13N5O3/c1-17(10-4-6-15-7-5-10)13(19)9-2-3-11(16-14)12(8-9)18(20)21/h2-8,16H,14H2,1H3. The van der Waals surface area contributed by atoms with Gasteiger partial charge in [0.1, 0.15) is 5.69 Å². The van der Waals surface area contributed by atoms with Crippen LogP contribution < -0.4 is 16.2 Å². The molecule has 1 aromatic heterocycles. The van der Waals surface area contributed by atoms with E-state index in [1.165, 1.54) is 23.1 Å². The van der Waals surface area contributed by atoms with Gasteiger partial charge < -0.3 is 10.3 Å². The average molecular weight is 287 g/mol. The molecule has 2 aromatic rings. The summed E-state index contributed by atoms with van der Waals surface area (Å²) in [5.74, 6) is 4.84. The first-order valence-electron chi connectivity index (χ1n) is 5.97. The predicted octanol–water partition coefficient (Wildman–Crippen LogP) is 1.55. The molecular weight excluding hydrogens is 274 g/mol. The number of amides is 1. The van der Waals surface area contributed by atoms with Gasteiger partial charge in [-0.25, -0.2) is 0 Å². The van der Waals surface area contributed by atoms with Crippen LogP contribution in [-0.2, 0) is 0 Å². The Balaban J connectivity index is 2.36. The molecule has 108 valence electrons. The molecule has 0 aliphatic rings. The average Bonchev–Trinajstić information content (AvgIpc) is 2.53. The number of nitrogens with one attached hydrogen (secondary N) is 1. The van der Waals surface area contributed by atoms with E-state index in [1.807, 2.05) is 0 Å². The lowest BCUT2D eigenvalue weighted by molar-refractivity contribution is -0.384. The monoisotopic (exact) mass is 287 g/mol. The van der Waals surface area contributed by atoms with Crippen molar-refractivity contribution in [3.63, 3.8) is 0 Å². The number of hydrogen-bond donors (Lipinski definition) is 2. The quantitative estimate of drug-likeness (QED) is 0.501. The number of carbonyl (C=O) groups is 1. The Kier molecular flexibility index (Phi) is 4.10. The minimum atomic E-state index is -0.599. The number of aromatic nitrogens is 1. The molecule has 0 aliphatic carbocycles. The molecule has 8 nitrogen and oxygen atoms in total. The SMILES string of the molecule is CN(C(=O)c1ccc(NN)c([N+](=O)[O-])c1)c1ccncc1. The Labute approximate surface area is 120 Å². The molecule has 8 heteroatoms. The molecule has 3 N–H and O–H groups in total. The highest BCUT2D eigenvalue weighted by atomic mass is 16.6. The van der Waals surface area contributed by atoms with E-state index in [0.29, 0.717) is 5.69 Å². The van der Waals surface area contributed by atoms with Gasteiger partial charge in [-0.15, -0.1) is 0 Å². The molecule has 0 saturated carbocycles. The second kappa shape index (κ2) is 5.97. The molecule has 0 aliphatic heterocycles. The lowest BCUT2D eigenvalue weighted by Gasteiger charge is -2.17. The minimum absolute atomic E-state index is 0.142. The van der Waals surface area contributed by atoms with E-state index in [0.717, 1.165) is 0 Å². The zero-order chi connectivity index (χ0) is 15.4. The zero-order valence-electron chi connectivity index (χ0n) is 11.2. The van der Waals surface area contributed by atoms with Crippen molar-refractivity contribution in [2.24, 2.45) is 5.84 Å². The Morgan fingerprint density at radius 3 is 2.57 bits per heavy atom. The van der Waals surface area contributed by atoms with Crippen molar-refractivity contribution in [2.45, 2.75) is 0 Å². The first-order valence-corrected chi connectivity index (χ1v) is 5.97. The van der Waals surface area contributed by atoms with Gasteiger partial charge in [-0.1, -0.05) is 0 Å². The number of nitrogens with zero attached hydrogens (tertiary/aromatic N) is 3. The van der Waals surface area contributed by atoms with Gasteiger partial charge in [0.25, 0.3) is 11.6 Å². The number of nitrogen functional groups attached to an aromatic ring is 1. The molecule has 0 spiro atoms. The number of carbonyl (C=O) groups excluding carboxylic acids is 1. The van der Waals surface area contributed by atoms with Gasteiger partial charge in [0, 0.05) is 36.8 Å². The first kappa shape index (κ1) is 14.4. The van der Waals surface area contributed by atoms with E-state index in [-0.39, 0.29) is 22.8 Å². The fourth-order valence-electron chi connectivity index (χ4n) is 1.82. The third-order valence-corrected chi connectivity index (χ3v) is 2.95. The molecular formula is C13H13N5O3. The van der Waals surface area contributed by atoms with Gasteiger partial charge >= 0.3 is 0 Å². The molecule has 0 bridgehead atoms. The predicted molar refractivity (Wildman–Crippen MR) is 77.9 cm³/mol. The van der Waals surface area contributed by atoms with Crippen molar-refractivity contribution in [2.75, 3.05) is 17.4 Å². The number of nitro benzene ring substituents is 1. The number of nitrogens with two attached hydrogens (primary N) is 1. The molecule has 0 saturated heterocycles. The van der Waals surface area contributed by atoms with Crippen LogP contribution in [0.4, 0.5) is 17.1 Å². The molecule has 1 heterocycles. The second-order valence-corrected chi connectivity index (χ2v) is 4.20. The molecule has 0 fully saturated rings. The highest BCUT2D eigenvalue weighted by molar-refractivity contribution is 6.06. The number of hydrazine groups is 1. The maximum absolute atomic E-state index is 12.4. The third-order valence-electron chi connectivity index (χ3n) is 2.95. The number of pyridine rings is 1. The number of anilines is 2. The third kappa shape index (κ3) is 2.95. The smallest absolute Gasteiger partial charge is 0.294 e. The van der Waals surface area contributed by atoms with Gasteiger partial charge in [0.2, 0.25) is 0 Å². The van der Waals surface area contributed by atoms with E-state index in [1.54, 1.807) is 31.6 Å². The largest absolute Gasteiger partial charge is 0.318 e. The maximum Gasteiger partial charge on any atom is 0.294 e. The van der Waals surface area contributed by atoms with E-state index in [4.69, 9.17) is 5.84 Å². The summed E-state index contributed by atoms with van der Waals surface area (Å²) in [5.41, 5.74) is 2.95. The number of hydrogen-bond acceptors (Lipinski definition) is 6.